The van der Waals surface area contributed by atoms with Crippen molar-refractivity contribution >= 4 is 23.3 Å². The molecule has 17 heavy (non-hydrogen) atoms. The van der Waals surface area contributed by atoms with Crippen molar-refractivity contribution in [1.29, 1.82) is 0 Å². The summed E-state index contributed by atoms with van der Waals surface area (Å²) in [6.07, 6.45) is 2.26. The van der Waals surface area contributed by atoms with E-state index in [1.807, 2.05) is 0 Å². The molecule has 1 aromatic rings. The average Bonchev–Trinajstić information content (AvgIpc) is 2.32. The van der Waals surface area contributed by atoms with E-state index >= 15 is 0 Å². The van der Waals surface area contributed by atoms with Crippen LogP contribution in [0.2, 0.25) is 5.28 Å². The average molecular weight is 259 g/mol. The summed E-state index contributed by atoms with van der Waals surface area (Å²) in [5.41, 5.74) is 5.23. The van der Waals surface area contributed by atoms with Crippen LogP contribution in [-0.4, -0.2) is 29.0 Å². The van der Waals surface area contributed by atoms with Crippen molar-refractivity contribution in [3.05, 3.63) is 17.3 Å². The van der Waals surface area contributed by atoms with Gasteiger partial charge in [-0.05, 0) is 24.4 Å². The Kier molecular flexibility index (Phi) is 3.42. The Bertz CT molecular complexity index is 434. The predicted octanol–water partition coefficient (Wildman–Crippen LogP) is 0.971. The molecule has 0 atom stereocenters. The van der Waals surface area contributed by atoms with Gasteiger partial charge in [0.2, 0.25) is 11.2 Å². The second-order valence-corrected chi connectivity index (χ2v) is 4.31. The molecule has 7 heteroatoms. The molecule has 5 nitrogen and oxygen atoms in total. The zero-order valence-electron chi connectivity index (χ0n) is 9.07. The lowest BCUT2D eigenvalue weighted by atomic mass is 9.96. The second kappa shape index (κ2) is 4.83. The maximum absolute atomic E-state index is 13.5. The van der Waals surface area contributed by atoms with E-state index in [9.17, 15) is 9.18 Å². The molecular weight excluding hydrogens is 247 g/mol. The van der Waals surface area contributed by atoms with Crippen LogP contribution in [0.5, 0.6) is 0 Å². The molecule has 2 N–H and O–H groups in total. The summed E-state index contributed by atoms with van der Waals surface area (Å²) >= 11 is 5.63. The van der Waals surface area contributed by atoms with Crippen molar-refractivity contribution in [2.24, 2.45) is 11.7 Å². The van der Waals surface area contributed by atoms with Crippen LogP contribution in [0.1, 0.15) is 12.8 Å². The summed E-state index contributed by atoms with van der Waals surface area (Å²) < 4.78 is 13.5. The number of piperidine rings is 1. The van der Waals surface area contributed by atoms with E-state index in [1.165, 1.54) is 0 Å². The molecule has 0 spiro atoms. The quantitative estimate of drug-likeness (QED) is 0.803. The molecule has 1 saturated heterocycles. The fourth-order valence-corrected chi connectivity index (χ4v) is 2.06. The highest BCUT2D eigenvalue weighted by Gasteiger charge is 2.25. The minimum absolute atomic E-state index is 0.0124. The second-order valence-electron chi connectivity index (χ2n) is 3.97. The first kappa shape index (κ1) is 12.0. The number of aromatic nitrogens is 2. The lowest BCUT2D eigenvalue weighted by Gasteiger charge is -2.31. The van der Waals surface area contributed by atoms with Gasteiger partial charge in [-0.3, -0.25) is 4.79 Å². The number of nitrogens with zero attached hydrogens (tertiary/aromatic N) is 3. The Morgan fingerprint density at radius 1 is 1.53 bits per heavy atom. The molecule has 0 radical (unpaired) electrons. The third kappa shape index (κ3) is 2.63. The molecule has 0 aliphatic carbocycles. The third-order valence-electron chi connectivity index (χ3n) is 2.89. The number of primary amides is 1. The van der Waals surface area contributed by atoms with Gasteiger partial charge >= 0.3 is 0 Å². The number of rotatable bonds is 2. The Hall–Kier alpha value is -1.43. The molecule has 0 bridgehead atoms. The number of hydrogen-bond donors (Lipinski definition) is 1. The van der Waals surface area contributed by atoms with Crippen molar-refractivity contribution in [2.45, 2.75) is 12.8 Å². The van der Waals surface area contributed by atoms with Gasteiger partial charge in [0.25, 0.3) is 0 Å². The van der Waals surface area contributed by atoms with Crippen molar-refractivity contribution in [2.75, 3.05) is 18.0 Å². The van der Waals surface area contributed by atoms with E-state index in [4.69, 9.17) is 17.3 Å². The maximum atomic E-state index is 13.5. The fraction of sp³-hybridized carbons (Fsp3) is 0.500. The smallest absolute Gasteiger partial charge is 0.224 e. The van der Waals surface area contributed by atoms with Gasteiger partial charge in [-0.1, -0.05) is 0 Å². The molecule has 92 valence electrons. The molecule has 0 saturated carbocycles. The summed E-state index contributed by atoms with van der Waals surface area (Å²) in [7, 11) is 0. The van der Waals surface area contributed by atoms with Crippen LogP contribution in [0.15, 0.2) is 6.20 Å². The predicted molar refractivity (Wildman–Crippen MR) is 61.1 cm³/mol. The van der Waals surface area contributed by atoms with Gasteiger partial charge in [-0.2, -0.15) is 4.98 Å². The summed E-state index contributed by atoms with van der Waals surface area (Å²) in [5.74, 6) is -0.752. The molecular formula is C10H12ClFN4O. The number of amides is 1. The Labute approximate surface area is 103 Å². The van der Waals surface area contributed by atoms with Crippen LogP contribution < -0.4 is 10.6 Å². The lowest BCUT2D eigenvalue weighted by Crippen LogP contribution is -2.39. The lowest BCUT2D eigenvalue weighted by molar-refractivity contribution is -0.122. The molecule has 2 rings (SSSR count). The van der Waals surface area contributed by atoms with E-state index in [2.05, 4.69) is 9.97 Å². The molecule has 1 aliphatic rings. The minimum atomic E-state index is -0.507. The zero-order chi connectivity index (χ0) is 12.4. The number of nitrogens with two attached hydrogens (primary N) is 1. The molecule has 1 amide bonds. The molecule has 0 unspecified atom stereocenters. The van der Waals surface area contributed by atoms with Crippen LogP contribution in [0.25, 0.3) is 0 Å². The highest BCUT2D eigenvalue weighted by atomic mass is 35.5. The molecule has 1 aliphatic heterocycles. The maximum Gasteiger partial charge on any atom is 0.224 e. The summed E-state index contributed by atoms with van der Waals surface area (Å²) in [6.45, 7) is 1.08. The van der Waals surface area contributed by atoms with Gasteiger partial charge in [-0.25, -0.2) is 9.37 Å². The Morgan fingerprint density at radius 3 is 2.76 bits per heavy atom. The zero-order valence-corrected chi connectivity index (χ0v) is 9.82. The molecule has 1 aromatic heterocycles. The highest BCUT2D eigenvalue weighted by molar-refractivity contribution is 6.28. The Morgan fingerprint density at radius 2 is 2.18 bits per heavy atom. The number of halogens is 2. The van der Waals surface area contributed by atoms with Gasteiger partial charge in [0.1, 0.15) is 0 Å². The Balaban J connectivity index is 2.10. The van der Waals surface area contributed by atoms with Crippen LogP contribution >= 0.6 is 11.6 Å². The first-order valence-electron chi connectivity index (χ1n) is 5.30. The van der Waals surface area contributed by atoms with Crippen molar-refractivity contribution in [3.63, 3.8) is 0 Å². The van der Waals surface area contributed by atoms with Crippen molar-refractivity contribution < 1.29 is 9.18 Å². The molecule has 0 aromatic carbocycles. The van der Waals surface area contributed by atoms with Gasteiger partial charge in [0.05, 0.1) is 6.20 Å². The van der Waals surface area contributed by atoms with Gasteiger partial charge in [0, 0.05) is 19.0 Å². The van der Waals surface area contributed by atoms with Crippen LogP contribution in [0.3, 0.4) is 0 Å². The number of carbonyl (C=O) groups excluding carboxylic acids is 1. The van der Waals surface area contributed by atoms with Gasteiger partial charge in [0.15, 0.2) is 11.6 Å². The monoisotopic (exact) mass is 258 g/mol. The van der Waals surface area contributed by atoms with E-state index in [-0.39, 0.29) is 22.9 Å². The summed E-state index contributed by atoms with van der Waals surface area (Å²) in [5, 5.41) is 0.0124. The van der Waals surface area contributed by atoms with Gasteiger partial charge in [-0.15, -0.1) is 0 Å². The van der Waals surface area contributed by atoms with Crippen LogP contribution in [0.4, 0.5) is 10.2 Å². The number of carbonyl (C=O) groups is 1. The number of hydrogen-bond acceptors (Lipinski definition) is 4. The standard InChI is InChI=1S/C10H12ClFN4O/c11-10-14-5-7(12)9(15-10)16-3-1-6(2-4-16)8(13)17/h5-6H,1-4H2,(H2,13,17). The fourth-order valence-electron chi connectivity index (χ4n) is 1.93. The SMILES string of the molecule is NC(=O)C1CCN(c2nc(Cl)ncc2F)CC1. The van der Waals surface area contributed by atoms with E-state index in [1.54, 1.807) is 4.90 Å². The summed E-state index contributed by atoms with van der Waals surface area (Å²) in [4.78, 5) is 20.2. The summed E-state index contributed by atoms with van der Waals surface area (Å²) in [6, 6.07) is 0. The molecule has 2 heterocycles. The van der Waals surface area contributed by atoms with Gasteiger partial charge < -0.3 is 10.6 Å². The minimum Gasteiger partial charge on any atom is -0.369 e. The normalized spacial score (nSPS) is 17.2. The third-order valence-corrected chi connectivity index (χ3v) is 3.08. The van der Waals surface area contributed by atoms with Crippen LogP contribution in [0, 0.1) is 11.7 Å². The first-order chi connectivity index (χ1) is 8.08. The van der Waals surface area contributed by atoms with E-state index < -0.39 is 5.82 Å². The van der Waals surface area contributed by atoms with Crippen molar-refractivity contribution in [1.82, 2.24) is 9.97 Å². The number of anilines is 1. The van der Waals surface area contributed by atoms with Crippen LogP contribution in [-0.2, 0) is 4.79 Å². The largest absolute Gasteiger partial charge is 0.369 e. The molecule has 1 fully saturated rings. The highest BCUT2D eigenvalue weighted by Crippen LogP contribution is 2.24. The van der Waals surface area contributed by atoms with Crippen molar-refractivity contribution in [3.8, 4) is 0 Å². The van der Waals surface area contributed by atoms with E-state index in [0.29, 0.717) is 25.9 Å². The topological polar surface area (TPSA) is 72.1 Å². The van der Waals surface area contributed by atoms with E-state index in [0.717, 1.165) is 6.20 Å². The first-order valence-corrected chi connectivity index (χ1v) is 5.68.